The van der Waals surface area contributed by atoms with Crippen LogP contribution in [0.5, 0.6) is 0 Å². The molecule has 10 heteroatoms. The normalized spacial score (nSPS) is 29.9. The predicted octanol–water partition coefficient (Wildman–Crippen LogP) is 1.53. The van der Waals surface area contributed by atoms with Crippen molar-refractivity contribution in [2.45, 2.75) is 43.9 Å². The van der Waals surface area contributed by atoms with Crippen molar-refractivity contribution in [2.24, 2.45) is 5.41 Å². The number of halogens is 1. The van der Waals surface area contributed by atoms with E-state index in [1.54, 1.807) is 6.20 Å². The van der Waals surface area contributed by atoms with Gasteiger partial charge in [-0.05, 0) is 38.3 Å². The van der Waals surface area contributed by atoms with E-state index < -0.39 is 22.2 Å². The SMILES string of the molecule is CS(=O)(=O)N1CC[C@@H](Nc2ncc3ccn([C@H]4CCNCC45CC5)c3n2)[C@H](F)C1. The Labute approximate surface area is 169 Å². The van der Waals surface area contributed by atoms with Crippen LogP contribution in [-0.4, -0.2) is 71.9 Å². The standard InChI is InChI=1S/C19H27FN6O2S/c1-29(27,28)25-8-4-15(14(20)11-25)23-18-22-10-13-3-9-26(17(13)24-18)16-2-7-21-12-19(16)5-6-19/h3,9-10,14-16,21H,2,4-8,11-12H2,1H3,(H,22,23,24)/t14-,15-,16+/m1/s1. The summed E-state index contributed by atoms with van der Waals surface area (Å²) in [5, 5.41) is 7.60. The summed E-state index contributed by atoms with van der Waals surface area (Å²) in [5.74, 6) is 0.400. The van der Waals surface area contributed by atoms with Gasteiger partial charge in [-0.15, -0.1) is 0 Å². The highest BCUT2D eigenvalue weighted by Gasteiger charge is 2.51. The molecular weight excluding hydrogens is 395 g/mol. The minimum absolute atomic E-state index is 0.132. The molecule has 2 saturated heterocycles. The Bertz CT molecular complexity index is 1020. The minimum atomic E-state index is -3.37. The molecule has 0 amide bonds. The fourth-order valence-electron chi connectivity index (χ4n) is 4.87. The largest absolute Gasteiger partial charge is 0.348 e. The van der Waals surface area contributed by atoms with Crippen LogP contribution < -0.4 is 10.6 Å². The van der Waals surface area contributed by atoms with Crippen LogP contribution in [0, 0.1) is 5.41 Å². The second kappa shape index (κ2) is 6.88. The lowest BCUT2D eigenvalue weighted by Gasteiger charge is -2.34. The molecule has 2 N–H and O–H groups in total. The van der Waals surface area contributed by atoms with Crippen molar-refractivity contribution in [3.63, 3.8) is 0 Å². The average molecular weight is 423 g/mol. The number of alkyl halides is 1. The van der Waals surface area contributed by atoms with Crippen LogP contribution in [0.25, 0.3) is 11.0 Å². The number of anilines is 1. The molecule has 158 valence electrons. The summed E-state index contributed by atoms with van der Waals surface area (Å²) in [6, 6.07) is 1.97. The highest BCUT2D eigenvalue weighted by atomic mass is 32.2. The van der Waals surface area contributed by atoms with Gasteiger partial charge in [0.15, 0.2) is 0 Å². The van der Waals surface area contributed by atoms with Crippen molar-refractivity contribution in [1.29, 1.82) is 0 Å². The van der Waals surface area contributed by atoms with Crippen molar-refractivity contribution >= 4 is 27.0 Å². The number of piperidine rings is 2. The number of rotatable bonds is 4. The molecule has 0 aromatic carbocycles. The number of nitrogens with one attached hydrogen (secondary N) is 2. The Morgan fingerprint density at radius 1 is 1.34 bits per heavy atom. The number of hydrogen-bond donors (Lipinski definition) is 2. The third-order valence-electron chi connectivity index (χ3n) is 6.75. The van der Waals surface area contributed by atoms with Gasteiger partial charge in [0.25, 0.3) is 0 Å². The lowest BCUT2D eigenvalue weighted by Crippen LogP contribution is -2.49. The molecule has 3 aliphatic rings. The summed E-state index contributed by atoms with van der Waals surface area (Å²) in [6.07, 6.45) is 7.63. The first-order valence-electron chi connectivity index (χ1n) is 10.3. The van der Waals surface area contributed by atoms with E-state index in [2.05, 4.69) is 26.4 Å². The zero-order valence-electron chi connectivity index (χ0n) is 16.5. The van der Waals surface area contributed by atoms with Crippen molar-refractivity contribution < 1.29 is 12.8 Å². The van der Waals surface area contributed by atoms with Gasteiger partial charge < -0.3 is 15.2 Å². The first-order chi connectivity index (χ1) is 13.9. The van der Waals surface area contributed by atoms with Crippen LogP contribution in [-0.2, 0) is 10.0 Å². The monoisotopic (exact) mass is 422 g/mol. The van der Waals surface area contributed by atoms with Gasteiger partial charge >= 0.3 is 0 Å². The van der Waals surface area contributed by atoms with Crippen molar-refractivity contribution in [1.82, 2.24) is 24.2 Å². The summed E-state index contributed by atoms with van der Waals surface area (Å²) < 4.78 is 41.4. The van der Waals surface area contributed by atoms with Crippen molar-refractivity contribution in [3.05, 3.63) is 18.5 Å². The van der Waals surface area contributed by atoms with Crippen LogP contribution in [0.3, 0.4) is 0 Å². The van der Waals surface area contributed by atoms with E-state index in [0.29, 0.717) is 30.4 Å². The first kappa shape index (κ1) is 19.2. The molecular formula is C19H27FN6O2S. The third-order valence-corrected chi connectivity index (χ3v) is 8.02. The van der Waals surface area contributed by atoms with Crippen LogP contribution in [0.1, 0.15) is 31.7 Å². The quantitative estimate of drug-likeness (QED) is 0.776. The molecule has 0 bridgehead atoms. The van der Waals surface area contributed by atoms with Gasteiger partial charge in [0.1, 0.15) is 11.8 Å². The van der Waals surface area contributed by atoms with Crippen LogP contribution >= 0.6 is 0 Å². The molecule has 1 spiro atoms. The number of aromatic nitrogens is 3. The van der Waals surface area contributed by atoms with Gasteiger partial charge in [0, 0.05) is 48.9 Å². The van der Waals surface area contributed by atoms with E-state index in [4.69, 9.17) is 4.98 Å². The Balaban J connectivity index is 1.37. The van der Waals surface area contributed by atoms with Gasteiger partial charge in [-0.25, -0.2) is 17.8 Å². The zero-order valence-corrected chi connectivity index (χ0v) is 17.3. The number of sulfonamides is 1. The van der Waals surface area contributed by atoms with Crippen molar-refractivity contribution in [3.8, 4) is 0 Å². The molecule has 1 aliphatic carbocycles. The molecule has 0 radical (unpaired) electrons. The van der Waals surface area contributed by atoms with Gasteiger partial charge in [-0.1, -0.05) is 0 Å². The fraction of sp³-hybridized carbons (Fsp3) is 0.684. The maximum Gasteiger partial charge on any atom is 0.224 e. The molecule has 4 heterocycles. The maximum absolute atomic E-state index is 14.6. The summed E-state index contributed by atoms with van der Waals surface area (Å²) >= 11 is 0. The van der Waals surface area contributed by atoms with Gasteiger partial charge in [-0.3, -0.25) is 0 Å². The molecule has 2 aromatic rings. The van der Waals surface area contributed by atoms with Crippen LogP contribution in [0.2, 0.25) is 0 Å². The first-order valence-corrected chi connectivity index (χ1v) is 12.1. The molecule has 0 unspecified atom stereocenters. The Morgan fingerprint density at radius 2 is 2.17 bits per heavy atom. The van der Waals surface area contributed by atoms with Crippen molar-refractivity contribution in [2.75, 3.05) is 37.8 Å². The van der Waals surface area contributed by atoms with E-state index in [1.165, 1.54) is 17.1 Å². The lowest BCUT2D eigenvalue weighted by molar-refractivity contribution is 0.186. The predicted molar refractivity (Wildman–Crippen MR) is 109 cm³/mol. The van der Waals surface area contributed by atoms with Gasteiger partial charge in [0.2, 0.25) is 16.0 Å². The molecule has 8 nitrogen and oxygen atoms in total. The zero-order chi connectivity index (χ0) is 20.2. The fourth-order valence-corrected chi connectivity index (χ4v) is 5.72. The summed E-state index contributed by atoms with van der Waals surface area (Å²) in [7, 11) is -3.37. The second-order valence-corrected chi connectivity index (χ2v) is 10.7. The minimum Gasteiger partial charge on any atom is -0.348 e. The van der Waals surface area contributed by atoms with Crippen LogP contribution in [0.4, 0.5) is 10.3 Å². The Kier molecular flexibility index (Phi) is 4.56. The highest BCUT2D eigenvalue weighted by molar-refractivity contribution is 7.88. The Hall–Kier alpha value is -1.78. The van der Waals surface area contributed by atoms with E-state index in [9.17, 15) is 12.8 Å². The second-order valence-electron chi connectivity index (χ2n) is 8.72. The van der Waals surface area contributed by atoms with E-state index >= 15 is 0 Å². The number of nitrogens with zero attached hydrogens (tertiary/aromatic N) is 4. The van der Waals surface area contributed by atoms with E-state index in [1.807, 2.05) is 6.07 Å². The van der Waals surface area contributed by atoms with Gasteiger partial charge in [-0.2, -0.15) is 9.29 Å². The molecule has 2 aromatic heterocycles. The summed E-state index contributed by atoms with van der Waals surface area (Å²) in [4.78, 5) is 9.09. The molecule has 29 heavy (non-hydrogen) atoms. The summed E-state index contributed by atoms with van der Waals surface area (Å²) in [5.41, 5.74) is 1.22. The van der Waals surface area contributed by atoms with Gasteiger partial charge in [0.05, 0.1) is 12.3 Å². The number of fused-ring (bicyclic) bond motifs is 1. The Morgan fingerprint density at radius 3 is 2.90 bits per heavy atom. The maximum atomic E-state index is 14.6. The molecule has 5 rings (SSSR count). The summed E-state index contributed by atoms with van der Waals surface area (Å²) in [6.45, 7) is 2.22. The highest BCUT2D eigenvalue weighted by Crippen LogP contribution is 2.56. The van der Waals surface area contributed by atoms with E-state index in [-0.39, 0.29) is 6.54 Å². The molecule has 3 atom stereocenters. The molecule has 1 saturated carbocycles. The third kappa shape index (κ3) is 3.51. The average Bonchev–Trinajstić information content (AvgIpc) is 3.32. The smallest absolute Gasteiger partial charge is 0.224 e. The topological polar surface area (TPSA) is 92.2 Å². The molecule has 2 aliphatic heterocycles. The molecule has 3 fully saturated rings. The lowest BCUT2D eigenvalue weighted by atomic mass is 9.90. The van der Waals surface area contributed by atoms with E-state index in [0.717, 1.165) is 36.8 Å². The number of hydrogen-bond acceptors (Lipinski definition) is 6. The van der Waals surface area contributed by atoms with Crippen LogP contribution in [0.15, 0.2) is 18.5 Å².